The minimum absolute atomic E-state index is 0.0143. The Morgan fingerprint density at radius 2 is 1.73 bits per heavy atom. The number of aryl methyl sites for hydroxylation is 2. The van der Waals surface area contributed by atoms with E-state index in [0.717, 1.165) is 23.3 Å². The van der Waals surface area contributed by atoms with Crippen molar-refractivity contribution in [1.82, 2.24) is 0 Å². The highest BCUT2D eigenvalue weighted by molar-refractivity contribution is 5.96. The molecule has 1 N–H and O–H groups in total. The summed E-state index contributed by atoms with van der Waals surface area (Å²) in [5, 5.41) is 2.43. The lowest BCUT2D eigenvalue weighted by Gasteiger charge is -2.31. The second kappa shape index (κ2) is 10.6. The number of carbonyl (C=O) groups is 2. The zero-order valence-electron chi connectivity index (χ0n) is 18.3. The van der Waals surface area contributed by atoms with E-state index >= 15 is 0 Å². The Kier molecular flexibility index (Phi) is 7.80. The number of anilines is 2. The number of nitrogens with one attached hydrogen (secondary N) is 1. The first-order chi connectivity index (χ1) is 15.6. The van der Waals surface area contributed by atoms with Crippen molar-refractivity contribution in [3.8, 4) is 5.75 Å². The summed E-state index contributed by atoms with van der Waals surface area (Å²) in [5.74, 6) is -0.979. The predicted octanol–water partition coefficient (Wildman–Crippen LogP) is 3.72. The number of para-hydroxylation sites is 1. The highest BCUT2D eigenvalue weighted by Gasteiger charge is 2.32. The molecule has 0 spiro atoms. The molecule has 33 heavy (non-hydrogen) atoms. The Morgan fingerprint density at radius 3 is 2.36 bits per heavy atom. The number of carbonyl (C=O) groups excluding carboxylic acids is 2. The number of benzene rings is 2. The largest absolute Gasteiger partial charge is 0.481 e. The number of halogens is 3. The first kappa shape index (κ1) is 24.4. The van der Waals surface area contributed by atoms with Crippen LogP contribution < -0.4 is 15.0 Å². The van der Waals surface area contributed by atoms with Gasteiger partial charge in [-0.15, -0.1) is 0 Å². The summed E-state index contributed by atoms with van der Waals surface area (Å²) in [6.07, 6.45) is -4.57. The third-order valence-corrected chi connectivity index (χ3v) is 5.06. The average Bonchev–Trinajstić information content (AvgIpc) is 2.77. The topological polar surface area (TPSA) is 77.1 Å². The van der Waals surface area contributed by atoms with E-state index in [4.69, 9.17) is 14.2 Å². The Hall–Kier alpha value is -3.27. The summed E-state index contributed by atoms with van der Waals surface area (Å²) in [4.78, 5) is 26.2. The van der Waals surface area contributed by atoms with Gasteiger partial charge in [-0.25, -0.2) is 4.79 Å². The lowest BCUT2D eigenvalue weighted by Crippen LogP contribution is -2.37. The van der Waals surface area contributed by atoms with Gasteiger partial charge >= 0.3 is 12.1 Å². The molecule has 3 rings (SSSR count). The average molecular weight is 466 g/mol. The van der Waals surface area contributed by atoms with E-state index in [9.17, 15) is 22.8 Å². The number of nitrogens with zero attached hydrogens (tertiary/aromatic N) is 1. The fourth-order valence-corrected chi connectivity index (χ4v) is 3.42. The maximum atomic E-state index is 13.2. The lowest BCUT2D eigenvalue weighted by atomic mass is 10.1. The Bertz CT molecular complexity index is 984. The van der Waals surface area contributed by atoms with Crippen LogP contribution in [0.4, 0.5) is 24.5 Å². The van der Waals surface area contributed by atoms with Crippen molar-refractivity contribution in [2.75, 3.05) is 49.7 Å². The van der Waals surface area contributed by atoms with Crippen LogP contribution in [-0.4, -0.2) is 51.4 Å². The van der Waals surface area contributed by atoms with Crippen LogP contribution in [0, 0.1) is 13.8 Å². The summed E-state index contributed by atoms with van der Waals surface area (Å²) in [7, 11) is 0. The standard InChI is InChI=1S/C23H25F3N2O5/c1-15-4-3-5-16(2)22(15)33-14-21(30)32-13-20(29)27-18-12-17(23(24,25)26)6-7-19(18)28-8-10-31-11-9-28/h3-7,12H,8-11,13-14H2,1-2H3,(H,27,29). The molecule has 1 fully saturated rings. The van der Waals surface area contributed by atoms with Gasteiger partial charge in [0.15, 0.2) is 13.2 Å². The molecule has 1 aliphatic heterocycles. The molecule has 0 unspecified atom stereocenters. The molecule has 0 atom stereocenters. The molecular weight excluding hydrogens is 441 g/mol. The minimum Gasteiger partial charge on any atom is -0.481 e. The molecule has 1 saturated heterocycles. The van der Waals surface area contributed by atoms with Crippen LogP contribution in [0.1, 0.15) is 16.7 Å². The maximum Gasteiger partial charge on any atom is 0.416 e. The first-order valence-electron chi connectivity index (χ1n) is 10.3. The number of esters is 1. The summed E-state index contributed by atoms with van der Waals surface area (Å²) in [6.45, 7) is 4.40. The first-order valence-corrected chi connectivity index (χ1v) is 10.3. The minimum atomic E-state index is -4.57. The number of rotatable bonds is 7. The quantitative estimate of drug-likeness (QED) is 0.627. The maximum absolute atomic E-state index is 13.2. The van der Waals surface area contributed by atoms with E-state index in [1.54, 1.807) is 0 Å². The second-order valence-corrected chi connectivity index (χ2v) is 7.55. The SMILES string of the molecule is Cc1cccc(C)c1OCC(=O)OCC(=O)Nc1cc(C(F)(F)F)ccc1N1CCOCC1. The van der Waals surface area contributed by atoms with Crippen LogP contribution in [0.25, 0.3) is 0 Å². The van der Waals surface area contributed by atoms with E-state index in [-0.39, 0.29) is 5.69 Å². The zero-order chi connectivity index (χ0) is 24.0. The number of amides is 1. The summed E-state index contributed by atoms with van der Waals surface area (Å²) in [6, 6.07) is 8.68. The van der Waals surface area contributed by atoms with Gasteiger partial charge in [-0.1, -0.05) is 18.2 Å². The molecule has 7 nitrogen and oxygen atoms in total. The molecule has 1 heterocycles. The van der Waals surface area contributed by atoms with Gasteiger partial charge in [0.1, 0.15) is 5.75 Å². The molecule has 2 aromatic carbocycles. The number of morpholine rings is 1. The van der Waals surface area contributed by atoms with Gasteiger partial charge in [-0.2, -0.15) is 13.2 Å². The molecule has 2 aromatic rings. The Balaban J connectivity index is 1.62. The molecule has 1 aliphatic rings. The molecule has 0 aliphatic carbocycles. The van der Waals surface area contributed by atoms with Crippen LogP contribution in [-0.2, 0) is 25.2 Å². The van der Waals surface area contributed by atoms with Crippen molar-refractivity contribution in [3.63, 3.8) is 0 Å². The molecule has 0 aromatic heterocycles. The molecule has 178 valence electrons. The van der Waals surface area contributed by atoms with Crippen LogP contribution in [0.15, 0.2) is 36.4 Å². The monoisotopic (exact) mass is 466 g/mol. The van der Waals surface area contributed by atoms with E-state index in [1.165, 1.54) is 6.07 Å². The van der Waals surface area contributed by atoms with Gasteiger partial charge in [-0.3, -0.25) is 4.79 Å². The molecule has 0 radical (unpaired) electrons. The lowest BCUT2D eigenvalue weighted by molar-refractivity contribution is -0.149. The molecule has 1 amide bonds. The molecule has 10 heteroatoms. The fourth-order valence-electron chi connectivity index (χ4n) is 3.42. The van der Waals surface area contributed by atoms with E-state index in [0.29, 0.717) is 37.7 Å². The smallest absolute Gasteiger partial charge is 0.416 e. The molecule has 0 bridgehead atoms. The van der Waals surface area contributed by atoms with Gasteiger partial charge in [-0.05, 0) is 43.2 Å². The molecular formula is C23H25F3N2O5. The number of ether oxygens (including phenoxy) is 3. The summed E-state index contributed by atoms with van der Waals surface area (Å²) < 4.78 is 55.2. The van der Waals surface area contributed by atoms with E-state index in [2.05, 4.69) is 5.32 Å². The highest BCUT2D eigenvalue weighted by atomic mass is 19.4. The van der Waals surface area contributed by atoms with Crippen molar-refractivity contribution in [2.24, 2.45) is 0 Å². The predicted molar refractivity (Wildman–Crippen MR) is 115 cm³/mol. The normalized spacial score (nSPS) is 14.0. The number of hydrogen-bond acceptors (Lipinski definition) is 6. The van der Waals surface area contributed by atoms with Gasteiger partial charge in [0.2, 0.25) is 0 Å². The third kappa shape index (κ3) is 6.61. The van der Waals surface area contributed by atoms with Crippen molar-refractivity contribution < 1.29 is 37.0 Å². The van der Waals surface area contributed by atoms with Gasteiger partial charge in [0.05, 0.1) is 30.2 Å². The summed E-state index contributed by atoms with van der Waals surface area (Å²) >= 11 is 0. The van der Waals surface area contributed by atoms with E-state index < -0.39 is 36.8 Å². The van der Waals surface area contributed by atoms with Gasteiger partial charge < -0.3 is 24.4 Å². The van der Waals surface area contributed by atoms with Crippen molar-refractivity contribution in [1.29, 1.82) is 0 Å². The van der Waals surface area contributed by atoms with Crippen LogP contribution in [0.5, 0.6) is 5.75 Å². The fraction of sp³-hybridized carbons (Fsp3) is 0.391. The van der Waals surface area contributed by atoms with Crippen LogP contribution >= 0.6 is 0 Å². The third-order valence-electron chi connectivity index (χ3n) is 5.06. The number of alkyl halides is 3. The van der Waals surface area contributed by atoms with Gasteiger partial charge in [0.25, 0.3) is 5.91 Å². The van der Waals surface area contributed by atoms with Crippen LogP contribution in [0.3, 0.4) is 0 Å². The van der Waals surface area contributed by atoms with Crippen molar-refractivity contribution in [3.05, 3.63) is 53.1 Å². The van der Waals surface area contributed by atoms with Crippen molar-refractivity contribution >= 4 is 23.3 Å². The zero-order valence-corrected chi connectivity index (χ0v) is 18.3. The Morgan fingerprint density at radius 1 is 1.06 bits per heavy atom. The number of hydrogen-bond donors (Lipinski definition) is 1. The highest BCUT2D eigenvalue weighted by Crippen LogP contribution is 2.35. The van der Waals surface area contributed by atoms with Crippen molar-refractivity contribution in [2.45, 2.75) is 20.0 Å². The van der Waals surface area contributed by atoms with E-state index in [1.807, 2.05) is 36.9 Å². The Labute approximate surface area is 189 Å². The van der Waals surface area contributed by atoms with Gasteiger partial charge in [0, 0.05) is 13.1 Å². The summed E-state index contributed by atoms with van der Waals surface area (Å²) in [5.41, 5.74) is 1.22. The van der Waals surface area contributed by atoms with Crippen LogP contribution in [0.2, 0.25) is 0 Å². The second-order valence-electron chi connectivity index (χ2n) is 7.55. The molecule has 0 saturated carbocycles.